The van der Waals surface area contributed by atoms with Gasteiger partial charge < -0.3 is 105 Å². The molecule has 98 heavy (non-hydrogen) atoms. The second-order valence-electron chi connectivity index (χ2n) is 22.0. The number of imidazole rings is 1. The van der Waals surface area contributed by atoms with Crippen LogP contribution in [0.4, 0.5) is 16.6 Å². The number of phenols is 2. The highest BCUT2D eigenvalue weighted by molar-refractivity contribution is 6.03. The molecule has 31 heteroatoms. The van der Waals surface area contributed by atoms with Crippen LogP contribution in [0, 0.1) is 0 Å². The summed E-state index contributed by atoms with van der Waals surface area (Å²) >= 11 is 0. The molecule has 1 spiro atoms. The quantitative estimate of drug-likeness (QED) is 0.0192. The molecule has 3 aromatic heterocycles. The number of H-pyrrole nitrogens is 1. The van der Waals surface area contributed by atoms with Gasteiger partial charge in [0.05, 0.1) is 111 Å². The molecule has 1 atom stereocenters. The summed E-state index contributed by atoms with van der Waals surface area (Å²) in [5.41, 5.74) is 15.7. The molecule has 1 unspecified atom stereocenters. The number of urea groups is 1. The molecule has 5 heterocycles. The number of nitrogens with one attached hydrogen (secondary N) is 6. The number of hydrogen-bond donors (Lipinski definition) is 10. The fourth-order valence-corrected chi connectivity index (χ4v) is 10.2. The van der Waals surface area contributed by atoms with Crippen LogP contribution in [0.5, 0.6) is 34.9 Å². The fraction of sp³-hybridized carbons (Fsp3) is 0.343. The van der Waals surface area contributed by atoms with Crippen LogP contribution in [0.2, 0.25) is 0 Å². The Morgan fingerprint density at radius 3 is 1.73 bits per heavy atom. The zero-order chi connectivity index (χ0) is 68.5. The van der Waals surface area contributed by atoms with Crippen LogP contribution in [0.25, 0.3) is 11.2 Å². The van der Waals surface area contributed by atoms with Crippen LogP contribution in [0.1, 0.15) is 66.1 Å². The second-order valence-corrected chi connectivity index (χ2v) is 22.0. The molecule has 2 aliphatic heterocycles. The summed E-state index contributed by atoms with van der Waals surface area (Å²) < 4.78 is 63.0. The van der Waals surface area contributed by atoms with Crippen LogP contribution in [-0.4, -0.2) is 181 Å². The molecular weight excluding hydrogens is 1270 g/mol. The minimum atomic E-state index is -1.58. The number of benzene rings is 5. The number of nitrogen functional groups attached to an aromatic ring is 2. The minimum absolute atomic E-state index is 0.0151. The molecule has 0 saturated heterocycles. The first-order chi connectivity index (χ1) is 47.8. The highest BCUT2D eigenvalue weighted by atomic mass is 16.6. The van der Waals surface area contributed by atoms with E-state index in [1.165, 1.54) is 48.9 Å². The van der Waals surface area contributed by atoms with Crippen molar-refractivity contribution >= 4 is 52.7 Å². The van der Waals surface area contributed by atoms with Gasteiger partial charge in [0.25, 0.3) is 5.91 Å². The van der Waals surface area contributed by atoms with Gasteiger partial charge in [0.1, 0.15) is 48.1 Å². The van der Waals surface area contributed by atoms with Gasteiger partial charge in [-0.25, -0.2) is 19.6 Å². The first-order valence-corrected chi connectivity index (χ1v) is 31.4. The Hall–Kier alpha value is -10.8. The lowest BCUT2D eigenvalue weighted by Crippen LogP contribution is -2.49. The standard InChI is InChI=1S/C67H75N13O18/c68-56-15-16-73-66(78-56)96-40-45-3-1-42(2-4-45)37-74-65(87)72-19-22-90-25-28-91-27-24-89-21-18-71-61(85)53(77-60(84)46-9-12-50-49(33-46)63(86)98-67(50)51-13-10-47(81)34-54(51)97-55-35-48(82)11-14-52(55)67)36-57(83)70-17-20-88-23-26-92-29-30-93-31-32-94-38-43-5-7-44(8-6-43)39-95-62-58-59(76-41-75-58)79-64(69)80-62/h1-16,33-35,41,53,81-82H,17-32,36-40H2,(H,70,83)(H,71,85)(H,77,84)(H2,68,73,78)(H2,72,74,87)(H3,69,75,76,79,80). The van der Waals surface area contributed by atoms with Gasteiger partial charge in [0.2, 0.25) is 23.6 Å². The Morgan fingerprint density at radius 1 is 0.561 bits per heavy atom. The van der Waals surface area contributed by atoms with E-state index in [1.54, 1.807) is 24.3 Å². The topological polar surface area (TPSA) is 420 Å². The summed E-state index contributed by atoms with van der Waals surface area (Å²) in [5.74, 6) is -1.96. The van der Waals surface area contributed by atoms with Crippen molar-refractivity contribution < 1.29 is 86.3 Å². The molecule has 0 saturated carbocycles. The van der Waals surface area contributed by atoms with E-state index in [9.17, 15) is 34.2 Å². The number of nitrogens with zero attached hydrogens (tertiary/aromatic N) is 5. The number of phenolic OH excluding ortho intramolecular Hbond substituents is 2. The van der Waals surface area contributed by atoms with Crippen molar-refractivity contribution in [1.29, 1.82) is 0 Å². The third kappa shape index (κ3) is 19.7. The van der Waals surface area contributed by atoms with Crippen molar-refractivity contribution in [1.82, 2.24) is 56.5 Å². The monoisotopic (exact) mass is 1350 g/mol. The molecule has 5 aromatic carbocycles. The van der Waals surface area contributed by atoms with Gasteiger partial charge in [-0.3, -0.25) is 14.4 Å². The maximum absolute atomic E-state index is 14.0. The molecule has 5 amide bonds. The number of ether oxygens (including phenoxy) is 11. The number of fused-ring (bicyclic) bond motifs is 7. The summed E-state index contributed by atoms with van der Waals surface area (Å²) in [6, 6.07) is 28.4. The third-order valence-corrected chi connectivity index (χ3v) is 15.0. The zero-order valence-corrected chi connectivity index (χ0v) is 53.3. The lowest BCUT2D eigenvalue weighted by Gasteiger charge is -2.36. The molecule has 516 valence electrons. The highest BCUT2D eigenvalue weighted by Gasteiger charge is 2.54. The summed E-state index contributed by atoms with van der Waals surface area (Å²) in [6.45, 7) is 4.92. The number of esters is 1. The molecule has 10 rings (SSSR count). The van der Waals surface area contributed by atoms with Gasteiger partial charge in [-0.15, -0.1) is 0 Å². The summed E-state index contributed by atoms with van der Waals surface area (Å²) in [5, 5.41) is 34.3. The molecule has 8 aromatic rings. The maximum atomic E-state index is 14.0. The molecule has 0 fully saturated rings. The normalized spacial score (nSPS) is 12.8. The van der Waals surface area contributed by atoms with Crippen LogP contribution in [-0.2, 0) is 79.5 Å². The average Bonchev–Trinajstić information content (AvgIpc) is 1.45. The first kappa shape index (κ1) is 70.0. The average molecular weight is 1350 g/mol. The molecule has 2 aliphatic rings. The summed E-state index contributed by atoms with van der Waals surface area (Å²) in [7, 11) is 0. The summed E-state index contributed by atoms with van der Waals surface area (Å²) in [4.78, 5) is 90.7. The molecule has 31 nitrogen and oxygen atoms in total. The number of aromatic hydroxyl groups is 2. The van der Waals surface area contributed by atoms with Gasteiger partial charge >= 0.3 is 18.0 Å². The Balaban J connectivity index is 0.606. The Morgan fingerprint density at radius 2 is 1.11 bits per heavy atom. The predicted molar refractivity (Wildman–Crippen MR) is 349 cm³/mol. The fourth-order valence-electron chi connectivity index (χ4n) is 10.2. The van der Waals surface area contributed by atoms with Gasteiger partial charge in [-0.2, -0.15) is 15.0 Å². The predicted octanol–water partition coefficient (Wildman–Crippen LogP) is 3.98. The van der Waals surface area contributed by atoms with Crippen LogP contribution in [0.15, 0.2) is 122 Å². The van der Waals surface area contributed by atoms with E-state index in [-0.39, 0.29) is 144 Å². The smallest absolute Gasteiger partial charge is 0.340 e. The van der Waals surface area contributed by atoms with Crippen LogP contribution in [0.3, 0.4) is 0 Å². The molecule has 12 N–H and O–H groups in total. The van der Waals surface area contributed by atoms with E-state index in [2.05, 4.69) is 56.5 Å². The van der Waals surface area contributed by atoms with Gasteiger partial charge in [-0.05, 0) is 64.7 Å². The zero-order valence-electron chi connectivity index (χ0n) is 53.3. The second kappa shape index (κ2) is 35.3. The number of rotatable bonds is 39. The lowest BCUT2D eigenvalue weighted by molar-refractivity contribution is -0.128. The molecule has 0 bridgehead atoms. The number of carbonyl (C=O) groups excluding carboxylic acids is 5. The van der Waals surface area contributed by atoms with Crippen molar-refractivity contribution in [3.8, 4) is 34.9 Å². The van der Waals surface area contributed by atoms with Gasteiger partial charge in [-0.1, -0.05) is 54.6 Å². The van der Waals surface area contributed by atoms with Crippen LogP contribution < -0.4 is 52.3 Å². The number of amides is 5. The van der Waals surface area contributed by atoms with E-state index >= 15 is 0 Å². The number of anilines is 2. The van der Waals surface area contributed by atoms with E-state index in [1.807, 2.05) is 48.5 Å². The Bertz CT molecular complexity index is 3940. The third-order valence-electron chi connectivity index (χ3n) is 15.0. The number of hydrogen-bond acceptors (Lipinski definition) is 25. The summed E-state index contributed by atoms with van der Waals surface area (Å²) in [6.07, 6.45) is 2.56. The Labute approximate surface area is 561 Å². The molecule has 0 radical (unpaired) electrons. The largest absolute Gasteiger partial charge is 0.508 e. The van der Waals surface area contributed by atoms with Crippen LogP contribution >= 0.6 is 0 Å². The van der Waals surface area contributed by atoms with E-state index < -0.39 is 41.8 Å². The number of aromatic amines is 1. The van der Waals surface area contributed by atoms with Crippen molar-refractivity contribution in [3.63, 3.8) is 0 Å². The number of nitrogens with two attached hydrogens (primary N) is 2. The maximum Gasteiger partial charge on any atom is 0.340 e. The number of carbonyl (C=O) groups is 5. The van der Waals surface area contributed by atoms with Crippen molar-refractivity contribution in [2.24, 2.45) is 0 Å². The molecule has 0 aliphatic carbocycles. The molecular formula is C67H75N13O18. The van der Waals surface area contributed by atoms with E-state index in [0.717, 1.165) is 22.3 Å². The Kier molecular flexibility index (Phi) is 25.2. The SMILES string of the molecule is Nc1ccnc(OCc2ccc(CNC(=O)NCCOCCOCCOCCNC(=O)C(CC(=O)NCCOCCOCCOCCOCc3ccc(COc4nc(N)nc5[nH]cnc45)cc3)NC(=O)c3ccc4c(c3)C(=O)OC43c4ccc(O)cc4Oc4cc(O)ccc43)cc2)n1. The minimum Gasteiger partial charge on any atom is -0.508 e. The van der Waals surface area contributed by atoms with E-state index in [0.29, 0.717) is 79.1 Å². The van der Waals surface area contributed by atoms with Gasteiger partial charge in [0, 0.05) is 66.8 Å². The van der Waals surface area contributed by atoms with Crippen molar-refractivity contribution in [2.45, 2.75) is 44.4 Å². The highest BCUT2D eigenvalue weighted by Crippen LogP contribution is 2.57. The van der Waals surface area contributed by atoms with Gasteiger partial charge in [0.15, 0.2) is 16.8 Å². The first-order valence-electron chi connectivity index (χ1n) is 31.4. The van der Waals surface area contributed by atoms with Crippen molar-refractivity contribution in [2.75, 3.05) is 117 Å². The lowest BCUT2D eigenvalue weighted by atomic mass is 9.77. The van der Waals surface area contributed by atoms with E-state index in [4.69, 9.17) is 63.6 Å². The van der Waals surface area contributed by atoms with Crippen molar-refractivity contribution in [3.05, 3.63) is 172 Å². The number of aromatic nitrogens is 6.